The van der Waals surface area contributed by atoms with Crippen molar-refractivity contribution in [2.75, 3.05) is 6.61 Å². The molecule has 1 saturated heterocycles. The predicted molar refractivity (Wildman–Crippen MR) is 175 cm³/mol. The lowest BCUT2D eigenvalue weighted by atomic mass is 9.56. The minimum Gasteiger partial charge on any atom is -0.461 e. The smallest absolute Gasteiger partial charge is 0.338 e. The predicted octanol–water partition coefficient (Wildman–Crippen LogP) is 4.80. The van der Waals surface area contributed by atoms with Crippen LogP contribution in [0.4, 0.5) is 0 Å². The van der Waals surface area contributed by atoms with E-state index in [1.54, 1.807) is 37.3 Å². The van der Waals surface area contributed by atoms with E-state index in [4.69, 9.17) is 33.2 Å². The first-order valence-corrected chi connectivity index (χ1v) is 17.7. The third-order valence-corrected chi connectivity index (χ3v) is 12.3. The quantitative estimate of drug-likeness (QED) is 0.258. The van der Waals surface area contributed by atoms with E-state index in [2.05, 4.69) is 13.8 Å². The van der Waals surface area contributed by atoms with E-state index < -0.39 is 89.0 Å². The molecule has 4 aliphatic carbocycles. The third-order valence-electron chi connectivity index (χ3n) is 12.3. The minimum absolute atomic E-state index is 0.0119. The van der Waals surface area contributed by atoms with Gasteiger partial charge in [-0.1, -0.05) is 45.9 Å². The van der Waals surface area contributed by atoms with Crippen LogP contribution < -0.4 is 0 Å². The minimum atomic E-state index is -1.61. The fourth-order valence-corrected chi connectivity index (χ4v) is 10.9. The Morgan fingerprint density at radius 2 is 1.48 bits per heavy atom. The lowest BCUT2D eigenvalue weighted by Gasteiger charge is -2.52. The van der Waals surface area contributed by atoms with Gasteiger partial charge in [-0.2, -0.15) is 0 Å². The van der Waals surface area contributed by atoms with Gasteiger partial charge in [-0.05, 0) is 61.5 Å². The summed E-state index contributed by atoms with van der Waals surface area (Å²) < 4.78 is 45.4. The summed E-state index contributed by atoms with van der Waals surface area (Å²) in [6, 6.07) is 8.55. The van der Waals surface area contributed by atoms with Crippen LogP contribution in [0, 0.1) is 40.4 Å². The maximum atomic E-state index is 14.0. The van der Waals surface area contributed by atoms with Crippen molar-refractivity contribution in [1.29, 1.82) is 0 Å². The SMILES string of the molecule is CCCO[C@@H]1[C@@H]2[C@@H](OC(C)=O)[C@@]34[C@@H](OC(C)=O)O[C@@](C)([C@H](OC(C)=O)[C@@]2(OC(C)=O)C[C@@H]1C)[C@@H]3[C@@H]1[C@H](C[C@H]4OC(=O)c2ccccc2)C1(C)C. The van der Waals surface area contributed by atoms with Gasteiger partial charge in [0.1, 0.15) is 23.2 Å². The van der Waals surface area contributed by atoms with Crippen molar-refractivity contribution >= 4 is 29.8 Å². The highest BCUT2D eigenvalue weighted by molar-refractivity contribution is 5.89. The molecular weight excluding hydrogens is 648 g/mol. The summed E-state index contributed by atoms with van der Waals surface area (Å²) in [6.45, 7) is 15.4. The number of fused-ring (bicyclic) bond motifs is 2. The first-order valence-electron chi connectivity index (χ1n) is 17.7. The van der Waals surface area contributed by atoms with Crippen molar-refractivity contribution in [1.82, 2.24) is 0 Å². The van der Waals surface area contributed by atoms with Gasteiger partial charge < -0.3 is 33.2 Å². The van der Waals surface area contributed by atoms with E-state index in [0.29, 0.717) is 25.0 Å². The fourth-order valence-electron chi connectivity index (χ4n) is 10.9. The zero-order valence-electron chi connectivity index (χ0n) is 30.4. The Kier molecular flexibility index (Phi) is 9.15. The maximum absolute atomic E-state index is 14.0. The lowest BCUT2D eigenvalue weighted by molar-refractivity contribution is -0.293. The van der Waals surface area contributed by atoms with Gasteiger partial charge in [-0.25, -0.2) is 4.79 Å². The average Bonchev–Trinajstić information content (AvgIpc) is 3.31. The molecule has 50 heavy (non-hydrogen) atoms. The number of hydrogen-bond acceptors (Lipinski definition) is 12. The van der Waals surface area contributed by atoms with E-state index in [1.807, 2.05) is 13.8 Å². The molecule has 0 radical (unpaired) electrons. The molecule has 13 atom stereocenters. The number of carbonyl (C=O) groups excluding carboxylic acids is 5. The largest absolute Gasteiger partial charge is 0.461 e. The second-order valence-corrected chi connectivity index (χ2v) is 15.8. The molecule has 4 saturated carbocycles. The number of rotatable bonds is 9. The topological polar surface area (TPSA) is 150 Å². The van der Waals surface area contributed by atoms with Crippen LogP contribution in [0.25, 0.3) is 0 Å². The molecule has 1 heterocycles. The third kappa shape index (κ3) is 5.34. The monoisotopic (exact) mass is 698 g/mol. The van der Waals surface area contributed by atoms with Gasteiger partial charge >= 0.3 is 29.8 Å². The standard InChI is InChI=1S/C38H50O12/c1-10-16-44-29-19(2)18-37(49-23(6)42)28(29)31(45-20(3)39)38-26(48-32(43)24-14-12-11-13-15-24)17-25-27(35(25,7)8)30(38)36(9,33(37)46-21(4)40)50-34(38)47-22(5)41/h11-15,19,25-31,33-34H,10,16-18H2,1-9H3/t19-,25-,26+,27-,28+,29-,30-,31+,33-,34-,36+,37+,38-/m0/s1. The van der Waals surface area contributed by atoms with Crippen molar-refractivity contribution in [2.45, 2.75) is 123 Å². The molecule has 2 bridgehead atoms. The van der Waals surface area contributed by atoms with Crippen molar-refractivity contribution < 1.29 is 57.1 Å². The van der Waals surface area contributed by atoms with Crippen LogP contribution in [0.15, 0.2) is 30.3 Å². The van der Waals surface area contributed by atoms with Gasteiger partial charge in [0.15, 0.2) is 11.7 Å². The van der Waals surface area contributed by atoms with Gasteiger partial charge in [-0.15, -0.1) is 0 Å². The van der Waals surface area contributed by atoms with E-state index >= 15 is 0 Å². The van der Waals surface area contributed by atoms with Gasteiger partial charge in [0.2, 0.25) is 6.29 Å². The van der Waals surface area contributed by atoms with Crippen LogP contribution in [0.2, 0.25) is 0 Å². The molecule has 12 heteroatoms. The van der Waals surface area contributed by atoms with Crippen molar-refractivity contribution in [3.8, 4) is 0 Å². The van der Waals surface area contributed by atoms with Crippen LogP contribution in [0.3, 0.4) is 0 Å². The van der Waals surface area contributed by atoms with Crippen LogP contribution >= 0.6 is 0 Å². The number of hydrogen-bond donors (Lipinski definition) is 0. The Labute approximate surface area is 293 Å². The van der Waals surface area contributed by atoms with Crippen LogP contribution in [-0.2, 0) is 52.3 Å². The van der Waals surface area contributed by atoms with Crippen LogP contribution in [0.1, 0.15) is 91.9 Å². The van der Waals surface area contributed by atoms with Gasteiger partial charge in [-0.3, -0.25) is 19.2 Å². The molecule has 0 N–H and O–H groups in total. The number of benzene rings is 1. The van der Waals surface area contributed by atoms with E-state index in [9.17, 15) is 24.0 Å². The summed E-state index contributed by atoms with van der Waals surface area (Å²) in [5, 5.41) is 0. The molecule has 1 aromatic rings. The van der Waals surface area contributed by atoms with Crippen molar-refractivity contribution in [3.05, 3.63) is 35.9 Å². The van der Waals surface area contributed by atoms with Gasteiger partial charge in [0, 0.05) is 40.2 Å². The van der Waals surface area contributed by atoms with E-state index in [0.717, 1.165) is 0 Å². The second-order valence-electron chi connectivity index (χ2n) is 15.8. The first kappa shape index (κ1) is 36.3. The van der Waals surface area contributed by atoms with Crippen LogP contribution in [-0.4, -0.2) is 78.4 Å². The molecule has 6 rings (SSSR count). The normalized spacial score (nSPS) is 41.7. The molecule has 0 amide bonds. The van der Waals surface area contributed by atoms with Gasteiger partial charge in [0.05, 0.1) is 17.6 Å². The van der Waals surface area contributed by atoms with Crippen LogP contribution in [0.5, 0.6) is 0 Å². The highest BCUT2D eigenvalue weighted by Gasteiger charge is 2.89. The summed E-state index contributed by atoms with van der Waals surface area (Å²) in [4.78, 5) is 66.8. The average molecular weight is 699 g/mol. The maximum Gasteiger partial charge on any atom is 0.338 e. The molecule has 0 aromatic heterocycles. The Bertz CT molecular complexity index is 1540. The molecular formula is C38H50O12. The molecule has 1 aliphatic heterocycles. The first-order chi connectivity index (χ1) is 23.5. The highest BCUT2D eigenvalue weighted by atomic mass is 16.7. The molecule has 274 valence electrons. The summed E-state index contributed by atoms with van der Waals surface area (Å²) >= 11 is 0. The highest BCUT2D eigenvalue weighted by Crippen LogP contribution is 2.80. The summed E-state index contributed by atoms with van der Waals surface area (Å²) in [7, 11) is 0. The molecule has 1 aromatic carbocycles. The summed E-state index contributed by atoms with van der Waals surface area (Å²) in [6.07, 6.45) is -4.42. The molecule has 12 nitrogen and oxygen atoms in total. The van der Waals surface area contributed by atoms with Crippen molar-refractivity contribution in [3.63, 3.8) is 0 Å². The number of esters is 5. The molecule has 0 unspecified atom stereocenters. The summed E-state index contributed by atoms with van der Waals surface area (Å²) in [5.74, 6) is -5.26. The zero-order chi connectivity index (χ0) is 36.6. The Morgan fingerprint density at radius 1 is 0.840 bits per heavy atom. The number of ether oxygens (including phenoxy) is 7. The fraction of sp³-hybridized carbons (Fsp3) is 0.711. The second kappa shape index (κ2) is 12.6. The number of carbonyl (C=O) groups is 5. The summed E-state index contributed by atoms with van der Waals surface area (Å²) in [5.41, 5.74) is -4.68. The Morgan fingerprint density at radius 3 is 2.06 bits per heavy atom. The zero-order valence-corrected chi connectivity index (χ0v) is 30.4. The molecule has 0 spiro atoms. The Balaban J connectivity index is 1.70. The lowest BCUT2D eigenvalue weighted by Crippen LogP contribution is -2.66. The van der Waals surface area contributed by atoms with Gasteiger partial charge in [0.25, 0.3) is 0 Å². The van der Waals surface area contributed by atoms with Crippen molar-refractivity contribution in [2.24, 2.45) is 40.4 Å². The van der Waals surface area contributed by atoms with E-state index in [1.165, 1.54) is 27.7 Å². The Hall–Kier alpha value is -3.51. The molecule has 5 aliphatic rings. The van der Waals surface area contributed by atoms with E-state index in [-0.39, 0.29) is 29.6 Å². The molecule has 5 fully saturated rings.